The minimum Gasteiger partial charge on any atom is -0.313 e. The van der Waals surface area contributed by atoms with Crippen LogP contribution in [0.1, 0.15) is 30.1 Å². The third kappa shape index (κ3) is 2.45. The molecule has 0 aliphatic rings. The van der Waals surface area contributed by atoms with Crippen molar-refractivity contribution in [3.05, 3.63) is 30.1 Å². The summed E-state index contributed by atoms with van der Waals surface area (Å²) in [6.07, 6.45) is 6.14. The molecule has 1 atom stereocenters. The van der Waals surface area contributed by atoms with E-state index in [1.54, 1.807) is 0 Å². The zero-order valence-corrected chi connectivity index (χ0v) is 9.25. The summed E-state index contributed by atoms with van der Waals surface area (Å²) in [5.74, 6) is 0. The Morgan fingerprint density at radius 2 is 2.43 bits per heavy atom. The van der Waals surface area contributed by atoms with Crippen LogP contribution in [0.4, 0.5) is 0 Å². The Morgan fingerprint density at radius 3 is 2.86 bits per heavy atom. The summed E-state index contributed by atoms with van der Waals surface area (Å²) in [5.41, 5.74) is 2.40. The smallest absolute Gasteiger partial charge is 0.0641 e. The molecule has 1 heterocycles. The summed E-state index contributed by atoms with van der Waals surface area (Å²) in [7, 11) is 3.94. The Hall–Kier alpha value is -1.09. The van der Waals surface area contributed by atoms with E-state index in [1.165, 1.54) is 5.56 Å². The second-order valence-corrected chi connectivity index (χ2v) is 3.55. The molecular weight excluding hydrogens is 174 g/mol. The van der Waals surface area contributed by atoms with E-state index in [0.29, 0.717) is 6.04 Å². The molecule has 0 aliphatic carbocycles. The molecule has 1 rings (SSSR count). The number of aryl methyl sites for hydroxylation is 2. The van der Waals surface area contributed by atoms with Crippen molar-refractivity contribution in [2.24, 2.45) is 7.05 Å². The van der Waals surface area contributed by atoms with Crippen LogP contribution in [0, 0.1) is 6.92 Å². The maximum absolute atomic E-state index is 4.34. The highest BCUT2D eigenvalue weighted by molar-refractivity contribution is 5.19. The fraction of sp³-hybridized carbons (Fsp3) is 0.545. The van der Waals surface area contributed by atoms with Crippen LogP contribution in [0.15, 0.2) is 18.9 Å². The molecule has 3 heteroatoms. The van der Waals surface area contributed by atoms with E-state index < -0.39 is 0 Å². The van der Waals surface area contributed by atoms with Crippen molar-refractivity contribution >= 4 is 0 Å². The van der Waals surface area contributed by atoms with Gasteiger partial charge in [0.1, 0.15) is 0 Å². The minimum absolute atomic E-state index is 0.390. The lowest BCUT2D eigenvalue weighted by Crippen LogP contribution is -2.16. The van der Waals surface area contributed by atoms with Crippen molar-refractivity contribution in [3.63, 3.8) is 0 Å². The van der Waals surface area contributed by atoms with Crippen LogP contribution < -0.4 is 5.32 Å². The Balaban J connectivity index is 2.77. The molecule has 0 saturated carbocycles. The highest BCUT2D eigenvalue weighted by atomic mass is 15.3. The lowest BCUT2D eigenvalue weighted by Gasteiger charge is -2.13. The predicted octanol–water partition coefficient (Wildman–Crippen LogP) is 1.96. The van der Waals surface area contributed by atoms with Crippen molar-refractivity contribution in [3.8, 4) is 0 Å². The third-order valence-corrected chi connectivity index (χ3v) is 2.43. The van der Waals surface area contributed by atoms with Crippen molar-refractivity contribution in [1.29, 1.82) is 0 Å². The van der Waals surface area contributed by atoms with Gasteiger partial charge in [0.15, 0.2) is 0 Å². The number of hydrogen-bond acceptors (Lipinski definition) is 2. The van der Waals surface area contributed by atoms with Gasteiger partial charge in [0.05, 0.1) is 5.69 Å². The van der Waals surface area contributed by atoms with E-state index in [1.807, 2.05) is 31.8 Å². The zero-order valence-electron chi connectivity index (χ0n) is 9.25. The summed E-state index contributed by atoms with van der Waals surface area (Å²) in [6.45, 7) is 5.79. The molecule has 0 aliphatic heterocycles. The molecule has 0 fully saturated rings. The molecule has 0 spiro atoms. The van der Waals surface area contributed by atoms with E-state index in [-0.39, 0.29) is 0 Å². The first-order chi connectivity index (χ1) is 6.69. The summed E-state index contributed by atoms with van der Waals surface area (Å²) in [5, 5.41) is 7.65. The third-order valence-electron chi connectivity index (χ3n) is 2.43. The fourth-order valence-corrected chi connectivity index (χ4v) is 1.70. The first kappa shape index (κ1) is 11.0. The molecule has 0 radical (unpaired) electrons. The second-order valence-electron chi connectivity index (χ2n) is 3.55. The van der Waals surface area contributed by atoms with Crippen LogP contribution in [0.5, 0.6) is 0 Å². The van der Waals surface area contributed by atoms with Gasteiger partial charge in [-0.1, -0.05) is 6.08 Å². The van der Waals surface area contributed by atoms with Gasteiger partial charge in [0.25, 0.3) is 0 Å². The van der Waals surface area contributed by atoms with Crippen molar-refractivity contribution in [2.45, 2.75) is 25.8 Å². The zero-order chi connectivity index (χ0) is 10.6. The van der Waals surface area contributed by atoms with Gasteiger partial charge in [-0.3, -0.25) is 4.68 Å². The molecule has 0 aromatic carbocycles. The molecule has 78 valence electrons. The molecule has 1 N–H and O–H groups in total. The molecule has 1 aromatic rings. The molecular formula is C11H19N3. The van der Waals surface area contributed by atoms with Gasteiger partial charge in [0.2, 0.25) is 0 Å². The SMILES string of the molecule is C=CCCC(NC)c1cn(C)nc1C. The average molecular weight is 193 g/mol. The Labute approximate surface area is 85.8 Å². The lowest BCUT2D eigenvalue weighted by molar-refractivity contribution is 0.552. The maximum Gasteiger partial charge on any atom is 0.0641 e. The first-order valence-electron chi connectivity index (χ1n) is 4.97. The number of hydrogen-bond donors (Lipinski definition) is 1. The normalized spacial score (nSPS) is 12.8. The van der Waals surface area contributed by atoms with Crippen molar-refractivity contribution in [2.75, 3.05) is 7.05 Å². The molecule has 14 heavy (non-hydrogen) atoms. The molecule has 0 bridgehead atoms. The number of rotatable bonds is 5. The van der Waals surface area contributed by atoms with Crippen LogP contribution in [0.25, 0.3) is 0 Å². The Morgan fingerprint density at radius 1 is 1.71 bits per heavy atom. The second kappa shape index (κ2) is 4.96. The molecule has 0 saturated heterocycles. The number of nitrogens with one attached hydrogen (secondary N) is 1. The minimum atomic E-state index is 0.390. The summed E-state index contributed by atoms with van der Waals surface area (Å²) in [6, 6.07) is 0.390. The van der Waals surface area contributed by atoms with E-state index in [4.69, 9.17) is 0 Å². The standard InChI is InChI=1S/C11H19N3/c1-5-6-7-11(12-3)10-8-14(4)13-9(10)2/h5,8,11-12H,1,6-7H2,2-4H3. The quantitative estimate of drug-likeness (QED) is 0.724. The van der Waals surface area contributed by atoms with Gasteiger partial charge < -0.3 is 5.32 Å². The van der Waals surface area contributed by atoms with Gasteiger partial charge in [-0.25, -0.2) is 0 Å². The maximum atomic E-state index is 4.34. The predicted molar refractivity (Wildman–Crippen MR) is 59.2 cm³/mol. The highest BCUT2D eigenvalue weighted by Gasteiger charge is 2.13. The van der Waals surface area contributed by atoms with Gasteiger partial charge >= 0.3 is 0 Å². The van der Waals surface area contributed by atoms with Crippen LogP contribution in [-0.4, -0.2) is 16.8 Å². The van der Waals surface area contributed by atoms with E-state index >= 15 is 0 Å². The van der Waals surface area contributed by atoms with Crippen molar-refractivity contribution < 1.29 is 0 Å². The van der Waals surface area contributed by atoms with Gasteiger partial charge in [-0.05, 0) is 26.8 Å². The largest absolute Gasteiger partial charge is 0.313 e. The van der Waals surface area contributed by atoms with Gasteiger partial charge in [-0.15, -0.1) is 6.58 Å². The van der Waals surface area contributed by atoms with E-state index in [2.05, 4.69) is 23.2 Å². The van der Waals surface area contributed by atoms with Crippen LogP contribution in [0.2, 0.25) is 0 Å². The van der Waals surface area contributed by atoms with Crippen LogP contribution in [-0.2, 0) is 7.05 Å². The first-order valence-corrected chi connectivity index (χ1v) is 4.97. The monoisotopic (exact) mass is 193 g/mol. The number of allylic oxidation sites excluding steroid dienone is 1. The highest BCUT2D eigenvalue weighted by Crippen LogP contribution is 2.20. The fourth-order valence-electron chi connectivity index (χ4n) is 1.70. The molecule has 3 nitrogen and oxygen atoms in total. The summed E-state index contributed by atoms with van der Waals surface area (Å²) >= 11 is 0. The number of nitrogens with zero attached hydrogens (tertiary/aromatic N) is 2. The molecule has 0 amide bonds. The van der Waals surface area contributed by atoms with Crippen LogP contribution >= 0.6 is 0 Å². The van der Waals surface area contributed by atoms with Gasteiger partial charge in [0, 0.05) is 24.8 Å². The van der Waals surface area contributed by atoms with Gasteiger partial charge in [-0.2, -0.15) is 5.10 Å². The number of aromatic nitrogens is 2. The topological polar surface area (TPSA) is 29.9 Å². The molecule has 1 unspecified atom stereocenters. The Bertz CT molecular complexity index is 301. The lowest BCUT2D eigenvalue weighted by atomic mass is 10.0. The molecule has 1 aromatic heterocycles. The van der Waals surface area contributed by atoms with E-state index in [9.17, 15) is 0 Å². The van der Waals surface area contributed by atoms with Crippen LogP contribution in [0.3, 0.4) is 0 Å². The van der Waals surface area contributed by atoms with Crippen molar-refractivity contribution in [1.82, 2.24) is 15.1 Å². The summed E-state index contributed by atoms with van der Waals surface area (Å²) in [4.78, 5) is 0. The average Bonchev–Trinajstić information content (AvgIpc) is 2.47. The van der Waals surface area contributed by atoms with E-state index in [0.717, 1.165) is 18.5 Å². The summed E-state index contributed by atoms with van der Waals surface area (Å²) < 4.78 is 1.86. The Kier molecular flexibility index (Phi) is 3.89.